The van der Waals surface area contributed by atoms with Crippen molar-refractivity contribution in [2.75, 3.05) is 20.2 Å². The van der Waals surface area contributed by atoms with E-state index in [1.807, 2.05) is 0 Å². The van der Waals surface area contributed by atoms with Gasteiger partial charge in [0.15, 0.2) is 0 Å². The Hall–Kier alpha value is -3.43. The molecule has 0 unspecified atom stereocenters. The number of aromatic nitrogens is 4. The third kappa shape index (κ3) is 3.72. The van der Waals surface area contributed by atoms with Crippen molar-refractivity contribution < 1.29 is 23.1 Å². The number of fused-ring (bicyclic) bond motifs is 1. The summed E-state index contributed by atoms with van der Waals surface area (Å²) in [4.78, 5) is 34.5. The summed E-state index contributed by atoms with van der Waals surface area (Å²) in [5.74, 6) is -0.730. The van der Waals surface area contributed by atoms with Gasteiger partial charge < -0.3 is 9.64 Å². The Morgan fingerprint density at radius 2 is 1.93 bits per heavy atom. The predicted octanol–water partition coefficient (Wildman–Crippen LogP) is 2.87. The fourth-order valence-electron chi connectivity index (χ4n) is 3.67. The molecule has 30 heavy (non-hydrogen) atoms. The number of alkyl halides is 2. The van der Waals surface area contributed by atoms with Crippen LogP contribution in [0.1, 0.15) is 57.3 Å². The average molecular weight is 415 g/mol. The van der Waals surface area contributed by atoms with Gasteiger partial charge in [0, 0.05) is 24.6 Å². The Balaban J connectivity index is 1.55. The van der Waals surface area contributed by atoms with Crippen LogP contribution in [-0.4, -0.2) is 56.6 Å². The monoisotopic (exact) mass is 415 g/mol. The van der Waals surface area contributed by atoms with Crippen LogP contribution < -0.4 is 0 Å². The molecule has 1 saturated heterocycles. The predicted molar refractivity (Wildman–Crippen MR) is 101 cm³/mol. The maximum atomic E-state index is 13.4. The normalized spacial score (nSPS) is 16.8. The molecular formula is C20H19F2N5O3. The minimum atomic E-state index is -2.72. The number of likely N-dealkylation sites (tertiary alicyclic amines) is 1. The van der Waals surface area contributed by atoms with Gasteiger partial charge >= 0.3 is 5.97 Å². The van der Waals surface area contributed by atoms with Crippen molar-refractivity contribution in [1.82, 2.24) is 24.5 Å². The van der Waals surface area contributed by atoms with E-state index in [0.717, 1.165) is 17.4 Å². The summed E-state index contributed by atoms with van der Waals surface area (Å²) in [6, 6.07) is 7.57. The van der Waals surface area contributed by atoms with E-state index >= 15 is 0 Å². The molecule has 0 spiro atoms. The number of nitrogens with zero attached hydrogens (tertiary/aromatic N) is 5. The third-order valence-electron chi connectivity index (χ3n) is 5.20. The van der Waals surface area contributed by atoms with Gasteiger partial charge in [-0.25, -0.2) is 18.6 Å². The first kappa shape index (κ1) is 19.9. The molecular weight excluding hydrogens is 396 g/mol. The largest absolute Gasteiger partial charge is 0.465 e. The Morgan fingerprint density at radius 1 is 1.20 bits per heavy atom. The van der Waals surface area contributed by atoms with E-state index in [2.05, 4.69) is 19.8 Å². The quantitative estimate of drug-likeness (QED) is 0.609. The van der Waals surface area contributed by atoms with Gasteiger partial charge in [-0.1, -0.05) is 0 Å². The number of carbonyl (C=O) groups is 2. The molecule has 1 aliphatic heterocycles. The molecule has 1 aromatic carbocycles. The van der Waals surface area contributed by atoms with Crippen LogP contribution in [0, 0.1) is 0 Å². The molecule has 0 radical (unpaired) electrons. The smallest absolute Gasteiger partial charge is 0.337 e. The molecule has 1 atom stereocenters. The molecule has 0 saturated carbocycles. The summed E-state index contributed by atoms with van der Waals surface area (Å²) in [7, 11) is 1.29. The van der Waals surface area contributed by atoms with E-state index in [9.17, 15) is 18.4 Å². The number of carbonyl (C=O) groups excluding carboxylic acids is 2. The van der Waals surface area contributed by atoms with E-state index in [-0.39, 0.29) is 23.3 Å². The molecule has 8 nitrogen and oxygen atoms in total. The second-order valence-electron chi connectivity index (χ2n) is 7.04. The highest BCUT2D eigenvalue weighted by Crippen LogP contribution is 2.29. The van der Waals surface area contributed by atoms with E-state index in [4.69, 9.17) is 0 Å². The zero-order valence-corrected chi connectivity index (χ0v) is 16.2. The van der Waals surface area contributed by atoms with Crippen molar-refractivity contribution in [2.45, 2.75) is 25.2 Å². The Labute approximate surface area is 170 Å². The first-order valence-corrected chi connectivity index (χ1v) is 9.44. The second kappa shape index (κ2) is 8.13. The summed E-state index contributed by atoms with van der Waals surface area (Å²) in [5, 5.41) is 3.80. The van der Waals surface area contributed by atoms with Gasteiger partial charge in [-0.15, -0.1) is 0 Å². The van der Waals surface area contributed by atoms with Gasteiger partial charge in [0.2, 0.25) is 0 Å². The van der Waals surface area contributed by atoms with Crippen LogP contribution in [-0.2, 0) is 4.74 Å². The van der Waals surface area contributed by atoms with Gasteiger partial charge in [0.25, 0.3) is 18.1 Å². The van der Waals surface area contributed by atoms with Crippen molar-refractivity contribution >= 4 is 17.7 Å². The molecule has 0 bridgehead atoms. The lowest BCUT2D eigenvalue weighted by Crippen LogP contribution is -2.39. The first-order chi connectivity index (χ1) is 14.5. The highest BCUT2D eigenvalue weighted by molar-refractivity contribution is 5.96. The maximum Gasteiger partial charge on any atom is 0.337 e. The molecule has 0 aliphatic carbocycles. The zero-order valence-electron chi connectivity index (χ0n) is 16.2. The molecule has 2 aromatic heterocycles. The van der Waals surface area contributed by atoms with Crippen molar-refractivity contribution in [2.24, 2.45) is 0 Å². The number of amides is 1. The number of ether oxygens (including phenoxy) is 1. The molecule has 3 heterocycles. The molecule has 4 rings (SSSR count). The summed E-state index contributed by atoms with van der Waals surface area (Å²) in [6.45, 7) is 0.917. The highest BCUT2D eigenvalue weighted by atomic mass is 19.3. The van der Waals surface area contributed by atoms with Gasteiger partial charge in [0.1, 0.15) is 12.0 Å². The number of rotatable bonds is 4. The number of halogens is 2. The lowest BCUT2D eigenvalue weighted by Gasteiger charge is -2.32. The van der Waals surface area contributed by atoms with Gasteiger partial charge in [-0.3, -0.25) is 4.79 Å². The topological polar surface area (TPSA) is 89.7 Å². The first-order valence-electron chi connectivity index (χ1n) is 9.44. The van der Waals surface area contributed by atoms with E-state index in [1.54, 1.807) is 17.0 Å². The molecule has 156 valence electrons. The number of esters is 1. The second-order valence-corrected chi connectivity index (χ2v) is 7.04. The average Bonchev–Trinajstić information content (AvgIpc) is 3.26. The summed E-state index contributed by atoms with van der Waals surface area (Å²) < 4.78 is 32.6. The van der Waals surface area contributed by atoms with Crippen LogP contribution in [0.5, 0.6) is 0 Å². The van der Waals surface area contributed by atoms with Crippen LogP contribution in [0.3, 0.4) is 0 Å². The highest BCUT2D eigenvalue weighted by Gasteiger charge is 2.28. The van der Waals surface area contributed by atoms with E-state index in [0.29, 0.717) is 29.9 Å². The number of benzene rings is 1. The minimum Gasteiger partial charge on any atom is -0.465 e. The lowest BCUT2D eigenvalue weighted by molar-refractivity contribution is 0.0599. The van der Waals surface area contributed by atoms with Gasteiger partial charge in [0.05, 0.1) is 18.4 Å². The van der Waals surface area contributed by atoms with Crippen molar-refractivity contribution in [3.63, 3.8) is 0 Å². The molecule has 10 heteroatoms. The summed E-state index contributed by atoms with van der Waals surface area (Å²) in [5.41, 5.74) is 1.01. The number of methoxy groups -OCH3 is 1. The lowest BCUT2D eigenvalue weighted by atomic mass is 9.93. The van der Waals surface area contributed by atoms with E-state index in [1.165, 1.54) is 31.6 Å². The fourth-order valence-corrected chi connectivity index (χ4v) is 3.67. The standard InChI is InChI=1S/C20H19F2N5O3/c1-30-19(29)13-6-4-12(5-7-13)18(28)26-8-2-3-14(10-26)15-9-16(17(21)22)27-20(25-15)23-11-24-27/h4-7,9,11,14,17H,2-3,8,10H2,1H3/t14-/m1/s1. The summed E-state index contributed by atoms with van der Waals surface area (Å²) >= 11 is 0. The number of hydrogen-bond donors (Lipinski definition) is 0. The van der Waals surface area contributed by atoms with Crippen LogP contribution in [0.4, 0.5) is 8.78 Å². The van der Waals surface area contributed by atoms with Crippen molar-refractivity contribution in [3.05, 3.63) is 59.2 Å². The van der Waals surface area contributed by atoms with E-state index < -0.39 is 12.4 Å². The SMILES string of the molecule is COC(=O)c1ccc(C(=O)N2CCC[C@@H](c3cc(C(F)F)n4ncnc4n3)C2)cc1. The third-order valence-corrected chi connectivity index (χ3v) is 5.20. The van der Waals surface area contributed by atoms with Crippen LogP contribution in [0.15, 0.2) is 36.7 Å². The molecule has 1 amide bonds. The molecule has 3 aromatic rings. The fraction of sp³-hybridized carbons (Fsp3) is 0.350. The minimum absolute atomic E-state index is 0.115. The molecule has 0 N–H and O–H groups in total. The Morgan fingerprint density at radius 3 is 2.63 bits per heavy atom. The van der Waals surface area contributed by atoms with Crippen LogP contribution >= 0.6 is 0 Å². The number of piperidine rings is 1. The molecule has 1 fully saturated rings. The van der Waals surface area contributed by atoms with Crippen molar-refractivity contribution in [1.29, 1.82) is 0 Å². The zero-order chi connectivity index (χ0) is 21.3. The molecule has 1 aliphatic rings. The maximum absolute atomic E-state index is 13.4. The van der Waals surface area contributed by atoms with Crippen molar-refractivity contribution in [3.8, 4) is 0 Å². The van der Waals surface area contributed by atoms with Gasteiger partial charge in [-0.2, -0.15) is 14.6 Å². The van der Waals surface area contributed by atoms with Gasteiger partial charge in [-0.05, 0) is 43.2 Å². The van der Waals surface area contributed by atoms with Crippen LogP contribution in [0.25, 0.3) is 5.78 Å². The summed E-state index contributed by atoms with van der Waals surface area (Å²) in [6.07, 6.45) is -0.0802. The Bertz CT molecular complexity index is 1080. The number of hydrogen-bond acceptors (Lipinski definition) is 6. The van der Waals surface area contributed by atoms with Crippen LogP contribution in [0.2, 0.25) is 0 Å². The Kier molecular flexibility index (Phi) is 5.39.